The van der Waals surface area contributed by atoms with Crippen molar-refractivity contribution in [3.05, 3.63) is 63.5 Å². The second-order valence-corrected chi connectivity index (χ2v) is 6.59. The molecule has 2 N–H and O–H groups in total. The molecule has 0 radical (unpaired) electrons. The largest absolute Gasteiger partial charge is 0.477 e. The van der Waals surface area contributed by atoms with E-state index in [0.717, 1.165) is 0 Å². The number of H-pyrrole nitrogens is 1. The Morgan fingerprint density at radius 2 is 1.85 bits per heavy atom. The lowest BCUT2D eigenvalue weighted by molar-refractivity contribution is 0.0691. The zero-order valence-electron chi connectivity index (χ0n) is 13.5. The number of anilines is 1. The summed E-state index contributed by atoms with van der Waals surface area (Å²) in [6.45, 7) is -0.113. The summed E-state index contributed by atoms with van der Waals surface area (Å²) in [5, 5.41) is 10.6. The number of nitrogens with one attached hydrogen (secondary N) is 1. The number of ketones is 1. The molecule has 134 valence electrons. The van der Waals surface area contributed by atoms with Crippen LogP contribution >= 0.6 is 23.2 Å². The SMILES string of the molecule is CN(CC(=O)c1ccc(F)cc1)c1c(C(=O)O)[nH]c2cc(Cl)cc(Cl)c12. The molecule has 0 saturated heterocycles. The molecule has 0 aliphatic carbocycles. The van der Waals surface area contributed by atoms with E-state index < -0.39 is 11.8 Å². The van der Waals surface area contributed by atoms with Gasteiger partial charge in [-0.3, -0.25) is 4.79 Å². The Hall–Kier alpha value is -2.57. The molecule has 0 unspecified atom stereocenters. The summed E-state index contributed by atoms with van der Waals surface area (Å²) in [6.07, 6.45) is 0. The summed E-state index contributed by atoms with van der Waals surface area (Å²) in [5.74, 6) is -1.92. The van der Waals surface area contributed by atoms with Crippen molar-refractivity contribution >= 4 is 51.5 Å². The summed E-state index contributed by atoms with van der Waals surface area (Å²) in [4.78, 5) is 28.3. The van der Waals surface area contributed by atoms with Gasteiger partial charge in [-0.25, -0.2) is 9.18 Å². The fourth-order valence-electron chi connectivity index (χ4n) is 2.79. The van der Waals surface area contributed by atoms with Gasteiger partial charge in [0.15, 0.2) is 5.78 Å². The van der Waals surface area contributed by atoms with Crippen molar-refractivity contribution in [1.82, 2.24) is 4.98 Å². The van der Waals surface area contributed by atoms with Crippen molar-refractivity contribution in [2.24, 2.45) is 0 Å². The minimum Gasteiger partial charge on any atom is -0.477 e. The fourth-order valence-corrected chi connectivity index (χ4v) is 3.37. The first-order valence-electron chi connectivity index (χ1n) is 7.52. The fraction of sp³-hybridized carbons (Fsp3) is 0.111. The molecule has 0 aliphatic heterocycles. The number of nitrogens with zero attached hydrogens (tertiary/aromatic N) is 1. The molecule has 0 aliphatic rings. The maximum absolute atomic E-state index is 13.0. The molecule has 5 nitrogen and oxygen atoms in total. The average Bonchev–Trinajstić information content (AvgIpc) is 2.95. The highest BCUT2D eigenvalue weighted by Gasteiger charge is 2.24. The first-order chi connectivity index (χ1) is 12.3. The number of aromatic nitrogens is 1. The number of carboxylic acid groups (broad SMARTS) is 1. The Labute approximate surface area is 157 Å². The Bertz CT molecular complexity index is 1020. The Morgan fingerprint density at radius 3 is 2.46 bits per heavy atom. The molecule has 0 spiro atoms. The van der Waals surface area contributed by atoms with Crippen LogP contribution in [0.2, 0.25) is 10.0 Å². The molecule has 1 heterocycles. The summed E-state index contributed by atoms with van der Waals surface area (Å²) < 4.78 is 13.0. The minimum absolute atomic E-state index is 0.0985. The van der Waals surface area contributed by atoms with Crippen LogP contribution in [0.3, 0.4) is 0 Å². The van der Waals surface area contributed by atoms with Crippen LogP contribution in [0.25, 0.3) is 10.9 Å². The smallest absolute Gasteiger partial charge is 0.354 e. The molecule has 0 amide bonds. The molecule has 0 atom stereocenters. The molecule has 26 heavy (non-hydrogen) atoms. The van der Waals surface area contributed by atoms with Gasteiger partial charge in [-0.2, -0.15) is 0 Å². The monoisotopic (exact) mass is 394 g/mol. The number of likely N-dealkylation sites (N-methyl/N-ethyl adjacent to an activating group) is 1. The van der Waals surface area contributed by atoms with Gasteiger partial charge in [0.25, 0.3) is 0 Å². The Balaban J connectivity index is 2.03. The predicted octanol–water partition coefficient (Wildman–Crippen LogP) is 4.63. The zero-order valence-corrected chi connectivity index (χ0v) is 15.0. The molecular formula is C18H13Cl2FN2O3. The highest BCUT2D eigenvalue weighted by molar-refractivity contribution is 6.40. The van der Waals surface area contributed by atoms with Crippen LogP contribution < -0.4 is 4.90 Å². The number of halogens is 3. The van der Waals surface area contributed by atoms with Crippen LogP contribution in [-0.2, 0) is 0 Å². The predicted molar refractivity (Wildman–Crippen MR) is 99.3 cm³/mol. The van der Waals surface area contributed by atoms with E-state index in [1.165, 1.54) is 35.2 Å². The van der Waals surface area contributed by atoms with Gasteiger partial charge in [-0.1, -0.05) is 23.2 Å². The minimum atomic E-state index is -1.19. The number of carboxylic acids is 1. The average molecular weight is 395 g/mol. The first-order valence-corrected chi connectivity index (χ1v) is 8.27. The van der Waals surface area contributed by atoms with E-state index in [-0.39, 0.29) is 28.7 Å². The molecule has 0 saturated carbocycles. The van der Waals surface area contributed by atoms with E-state index in [1.807, 2.05) is 0 Å². The molecule has 1 aromatic heterocycles. The van der Waals surface area contributed by atoms with Crippen LogP contribution in [-0.4, -0.2) is 35.4 Å². The number of fused-ring (bicyclic) bond motifs is 1. The lowest BCUT2D eigenvalue weighted by Crippen LogP contribution is -2.27. The van der Waals surface area contributed by atoms with Gasteiger partial charge in [-0.05, 0) is 36.4 Å². The summed E-state index contributed by atoms with van der Waals surface area (Å²) >= 11 is 12.2. The Kier molecular flexibility index (Phi) is 4.89. The molecular weight excluding hydrogens is 382 g/mol. The van der Waals surface area contributed by atoms with Crippen molar-refractivity contribution in [2.45, 2.75) is 0 Å². The molecule has 0 bridgehead atoms. The first kappa shape index (κ1) is 18.2. The number of hydrogen-bond acceptors (Lipinski definition) is 3. The van der Waals surface area contributed by atoms with Crippen LogP contribution in [0.15, 0.2) is 36.4 Å². The molecule has 8 heteroatoms. The van der Waals surface area contributed by atoms with E-state index in [9.17, 15) is 19.1 Å². The van der Waals surface area contributed by atoms with E-state index in [4.69, 9.17) is 23.2 Å². The molecule has 3 aromatic rings. The van der Waals surface area contributed by atoms with E-state index in [1.54, 1.807) is 13.1 Å². The van der Waals surface area contributed by atoms with Gasteiger partial charge < -0.3 is 15.0 Å². The number of carbonyl (C=O) groups is 2. The maximum Gasteiger partial charge on any atom is 0.354 e. The second kappa shape index (κ2) is 6.97. The summed E-state index contributed by atoms with van der Waals surface area (Å²) in [6, 6.07) is 8.22. The van der Waals surface area contributed by atoms with Gasteiger partial charge in [0.05, 0.1) is 22.8 Å². The quantitative estimate of drug-likeness (QED) is 0.618. The van der Waals surface area contributed by atoms with E-state index in [0.29, 0.717) is 21.5 Å². The molecule has 2 aromatic carbocycles. The van der Waals surface area contributed by atoms with Gasteiger partial charge in [0, 0.05) is 23.0 Å². The van der Waals surface area contributed by atoms with Crippen LogP contribution in [0.1, 0.15) is 20.8 Å². The van der Waals surface area contributed by atoms with Crippen LogP contribution in [0.5, 0.6) is 0 Å². The van der Waals surface area contributed by atoms with Crippen LogP contribution in [0.4, 0.5) is 10.1 Å². The van der Waals surface area contributed by atoms with Crippen LogP contribution in [0, 0.1) is 5.82 Å². The van der Waals surface area contributed by atoms with Crippen molar-refractivity contribution in [3.8, 4) is 0 Å². The standard InChI is InChI=1S/C18H13Cl2FN2O3/c1-23(8-14(24)9-2-4-11(21)5-3-9)17-15-12(20)6-10(19)7-13(15)22-16(17)18(25)26/h2-7,22H,8H2,1H3,(H,25,26). The number of carbonyl (C=O) groups excluding carboxylic acids is 1. The normalized spacial score (nSPS) is 10.9. The number of aromatic amines is 1. The molecule has 3 rings (SSSR count). The van der Waals surface area contributed by atoms with Crippen molar-refractivity contribution < 1.29 is 19.1 Å². The van der Waals surface area contributed by atoms with E-state index >= 15 is 0 Å². The highest BCUT2D eigenvalue weighted by Crippen LogP contribution is 2.37. The topological polar surface area (TPSA) is 73.4 Å². The van der Waals surface area contributed by atoms with Crippen molar-refractivity contribution in [3.63, 3.8) is 0 Å². The van der Waals surface area contributed by atoms with Crippen molar-refractivity contribution in [2.75, 3.05) is 18.5 Å². The molecule has 0 fully saturated rings. The maximum atomic E-state index is 13.0. The highest BCUT2D eigenvalue weighted by atomic mass is 35.5. The second-order valence-electron chi connectivity index (χ2n) is 5.75. The van der Waals surface area contributed by atoms with Gasteiger partial charge in [0.2, 0.25) is 0 Å². The van der Waals surface area contributed by atoms with Gasteiger partial charge in [-0.15, -0.1) is 0 Å². The van der Waals surface area contributed by atoms with Crippen molar-refractivity contribution in [1.29, 1.82) is 0 Å². The summed E-state index contributed by atoms with van der Waals surface area (Å²) in [7, 11) is 1.58. The number of hydrogen-bond donors (Lipinski definition) is 2. The number of Topliss-reactive ketones (excluding diaryl/α,β-unsaturated/α-hetero) is 1. The zero-order chi connectivity index (χ0) is 19.0. The van der Waals surface area contributed by atoms with E-state index in [2.05, 4.69) is 4.98 Å². The van der Waals surface area contributed by atoms with Gasteiger partial charge >= 0.3 is 5.97 Å². The lowest BCUT2D eigenvalue weighted by atomic mass is 10.1. The number of rotatable bonds is 5. The third-order valence-electron chi connectivity index (χ3n) is 3.93. The number of benzene rings is 2. The van der Waals surface area contributed by atoms with Gasteiger partial charge in [0.1, 0.15) is 11.5 Å². The third-order valence-corrected chi connectivity index (χ3v) is 4.45. The lowest BCUT2D eigenvalue weighted by Gasteiger charge is -2.19. The third kappa shape index (κ3) is 3.38. The summed E-state index contributed by atoms with van der Waals surface area (Å²) in [5.41, 5.74) is 0.961. The Morgan fingerprint density at radius 1 is 1.19 bits per heavy atom. The number of aromatic carboxylic acids is 1.